The minimum atomic E-state index is -2.68. The lowest BCUT2D eigenvalue weighted by Gasteiger charge is -2.26. The van der Waals surface area contributed by atoms with Crippen LogP contribution < -0.4 is 10.5 Å². The number of hydrazone groups is 1. The third-order valence-electron chi connectivity index (χ3n) is 5.60. The van der Waals surface area contributed by atoms with E-state index in [-0.39, 0.29) is 18.4 Å². The fourth-order valence-electron chi connectivity index (χ4n) is 4.03. The van der Waals surface area contributed by atoms with Crippen molar-refractivity contribution in [3.63, 3.8) is 0 Å². The number of aromatic nitrogens is 2. The summed E-state index contributed by atoms with van der Waals surface area (Å²) in [5.74, 6) is 0.583. The van der Waals surface area contributed by atoms with Crippen molar-refractivity contribution < 1.29 is 18.3 Å². The lowest BCUT2D eigenvalue weighted by atomic mass is 9.93. The number of benzene rings is 1. The summed E-state index contributed by atoms with van der Waals surface area (Å²) in [7, 11) is 0. The maximum atomic E-state index is 13.4. The average Bonchev–Trinajstić information content (AvgIpc) is 3.19. The Morgan fingerprint density at radius 3 is 2.75 bits per heavy atom. The van der Waals surface area contributed by atoms with Crippen molar-refractivity contribution in [1.82, 2.24) is 19.9 Å². The molecular weight excluding hydrogens is 418 g/mol. The highest BCUT2D eigenvalue weighted by molar-refractivity contribution is 6.02. The lowest BCUT2D eigenvalue weighted by molar-refractivity contribution is -0.0221. The van der Waals surface area contributed by atoms with Gasteiger partial charge in [0.15, 0.2) is 0 Å². The molecule has 1 atom stereocenters. The Kier molecular flexibility index (Phi) is 7.11. The van der Waals surface area contributed by atoms with Crippen molar-refractivity contribution in [2.75, 3.05) is 51.7 Å². The van der Waals surface area contributed by atoms with Gasteiger partial charge in [0.2, 0.25) is 5.95 Å². The number of morpholine rings is 1. The summed E-state index contributed by atoms with van der Waals surface area (Å²) in [4.78, 5) is 10.6. The molecule has 2 N–H and O–H groups in total. The smallest absolute Gasteiger partial charge is 0.329 e. The number of nitrogen functional groups attached to an aromatic ring is 1. The molecule has 32 heavy (non-hydrogen) atoms. The molecule has 8 nitrogen and oxygen atoms in total. The third kappa shape index (κ3) is 5.49. The van der Waals surface area contributed by atoms with Crippen molar-refractivity contribution in [2.24, 2.45) is 11.0 Å². The fraction of sp³-hybridized carbons (Fsp3) is 0.500. The van der Waals surface area contributed by atoms with E-state index in [1.807, 2.05) is 24.3 Å². The molecule has 0 radical (unpaired) electrons. The molecule has 2 aliphatic heterocycles. The van der Waals surface area contributed by atoms with Crippen LogP contribution in [0.1, 0.15) is 17.0 Å². The SMILES string of the molecule is Cc1cc(C2=NN(C(F)F)CC2Cc2ccccc2OCCN2CCOCC2)nc(N)n1. The summed E-state index contributed by atoms with van der Waals surface area (Å²) < 4.78 is 38.3. The molecule has 0 aliphatic carbocycles. The Bertz CT molecular complexity index is 932. The number of ether oxygens (including phenoxy) is 2. The standard InChI is InChI=1S/C22H28F2N6O2/c1-15-12-18(27-22(25)26-15)20-17(14-30(28-20)21(23)24)13-16-4-2-3-5-19(16)32-11-8-29-6-9-31-10-7-29/h2-5,12,17,21H,6-11,13-14H2,1H3,(H2,25,26,27). The second-order valence-electron chi connectivity index (χ2n) is 7.95. The first-order chi connectivity index (χ1) is 15.5. The average molecular weight is 447 g/mol. The highest BCUT2D eigenvalue weighted by atomic mass is 19.3. The van der Waals surface area contributed by atoms with Crippen molar-refractivity contribution in [2.45, 2.75) is 19.9 Å². The molecule has 1 aromatic heterocycles. The minimum absolute atomic E-state index is 0.0953. The van der Waals surface area contributed by atoms with Crippen molar-refractivity contribution >= 4 is 11.7 Å². The van der Waals surface area contributed by atoms with Crippen LogP contribution >= 0.6 is 0 Å². The van der Waals surface area contributed by atoms with E-state index in [0.29, 0.717) is 30.1 Å². The Balaban J connectivity index is 1.49. The highest BCUT2D eigenvalue weighted by Crippen LogP contribution is 2.29. The summed E-state index contributed by atoms with van der Waals surface area (Å²) in [6.07, 6.45) is 0.499. The Labute approximate surface area is 186 Å². The van der Waals surface area contributed by atoms with E-state index in [9.17, 15) is 8.78 Å². The van der Waals surface area contributed by atoms with Gasteiger partial charge in [0.05, 0.1) is 31.2 Å². The highest BCUT2D eigenvalue weighted by Gasteiger charge is 2.33. The number of nitrogens with zero attached hydrogens (tertiary/aromatic N) is 5. The third-order valence-corrected chi connectivity index (χ3v) is 5.60. The van der Waals surface area contributed by atoms with Gasteiger partial charge in [0, 0.05) is 31.2 Å². The van der Waals surface area contributed by atoms with Gasteiger partial charge in [-0.1, -0.05) is 18.2 Å². The molecule has 0 saturated carbocycles. The molecule has 3 heterocycles. The number of aryl methyl sites for hydroxylation is 1. The summed E-state index contributed by atoms with van der Waals surface area (Å²) in [6, 6.07) is 9.44. The molecule has 172 valence electrons. The van der Waals surface area contributed by atoms with Crippen molar-refractivity contribution in [3.05, 3.63) is 47.3 Å². The van der Waals surface area contributed by atoms with Gasteiger partial charge in [-0.2, -0.15) is 13.9 Å². The molecule has 0 bridgehead atoms. The number of halogens is 2. The van der Waals surface area contributed by atoms with Gasteiger partial charge >= 0.3 is 6.55 Å². The zero-order valence-corrected chi connectivity index (χ0v) is 18.1. The number of anilines is 1. The number of alkyl halides is 2. The van der Waals surface area contributed by atoms with Crippen LogP contribution in [0.25, 0.3) is 0 Å². The van der Waals surface area contributed by atoms with Crippen LogP contribution in [0.2, 0.25) is 0 Å². The van der Waals surface area contributed by atoms with Gasteiger partial charge in [-0.15, -0.1) is 0 Å². The molecule has 1 aromatic carbocycles. The molecule has 1 fully saturated rings. The predicted molar refractivity (Wildman–Crippen MR) is 117 cm³/mol. The number of para-hydroxylation sites is 1. The summed E-state index contributed by atoms with van der Waals surface area (Å²) >= 11 is 0. The van der Waals surface area contributed by atoms with Crippen LogP contribution in [0.4, 0.5) is 14.7 Å². The van der Waals surface area contributed by atoms with Gasteiger partial charge in [-0.3, -0.25) is 4.90 Å². The first-order valence-corrected chi connectivity index (χ1v) is 10.7. The van der Waals surface area contributed by atoms with Crippen LogP contribution in [-0.2, 0) is 11.2 Å². The van der Waals surface area contributed by atoms with E-state index >= 15 is 0 Å². The maximum absolute atomic E-state index is 13.4. The minimum Gasteiger partial charge on any atom is -0.492 e. The first-order valence-electron chi connectivity index (χ1n) is 10.7. The van der Waals surface area contributed by atoms with Gasteiger partial charge in [0.1, 0.15) is 12.4 Å². The van der Waals surface area contributed by atoms with Crippen molar-refractivity contribution in [3.8, 4) is 5.75 Å². The zero-order valence-electron chi connectivity index (χ0n) is 18.1. The zero-order chi connectivity index (χ0) is 22.5. The molecule has 0 amide bonds. The van der Waals surface area contributed by atoms with Crippen LogP contribution in [0, 0.1) is 12.8 Å². The summed E-state index contributed by atoms with van der Waals surface area (Å²) in [5.41, 5.74) is 8.37. The molecule has 1 saturated heterocycles. The van der Waals surface area contributed by atoms with E-state index < -0.39 is 6.55 Å². The van der Waals surface area contributed by atoms with E-state index in [0.717, 1.165) is 49.2 Å². The van der Waals surface area contributed by atoms with Crippen LogP contribution in [0.15, 0.2) is 35.4 Å². The fourth-order valence-corrected chi connectivity index (χ4v) is 4.03. The number of nitrogens with two attached hydrogens (primary N) is 1. The number of hydrogen-bond donors (Lipinski definition) is 1. The molecule has 2 aromatic rings. The predicted octanol–water partition coefficient (Wildman–Crippen LogP) is 2.18. The molecular formula is C22H28F2N6O2. The Hall–Kier alpha value is -2.85. The summed E-state index contributed by atoms with van der Waals surface area (Å²) in [6.45, 7) is 3.85. The quantitative estimate of drug-likeness (QED) is 0.622. The Morgan fingerprint density at radius 1 is 1.22 bits per heavy atom. The van der Waals surface area contributed by atoms with Gasteiger partial charge in [0.25, 0.3) is 0 Å². The lowest BCUT2D eigenvalue weighted by Crippen LogP contribution is -2.38. The molecule has 4 rings (SSSR count). The van der Waals surface area contributed by atoms with Crippen LogP contribution in [0.5, 0.6) is 5.75 Å². The molecule has 2 aliphatic rings. The molecule has 10 heteroatoms. The largest absolute Gasteiger partial charge is 0.492 e. The molecule has 0 spiro atoms. The van der Waals surface area contributed by atoms with E-state index in [4.69, 9.17) is 15.2 Å². The van der Waals surface area contributed by atoms with E-state index in [2.05, 4.69) is 20.0 Å². The van der Waals surface area contributed by atoms with Gasteiger partial charge in [-0.05, 0) is 31.0 Å². The Morgan fingerprint density at radius 2 is 2.00 bits per heavy atom. The van der Waals surface area contributed by atoms with E-state index in [1.54, 1.807) is 13.0 Å². The first kappa shape index (κ1) is 22.3. The number of rotatable bonds is 8. The normalized spacial score (nSPS) is 19.4. The second kappa shape index (κ2) is 10.2. The summed E-state index contributed by atoms with van der Waals surface area (Å²) in [5, 5.41) is 4.97. The maximum Gasteiger partial charge on any atom is 0.329 e. The monoisotopic (exact) mass is 446 g/mol. The van der Waals surface area contributed by atoms with Gasteiger partial charge in [-0.25, -0.2) is 15.0 Å². The van der Waals surface area contributed by atoms with Crippen LogP contribution in [0.3, 0.4) is 0 Å². The number of hydrogen-bond acceptors (Lipinski definition) is 8. The topological polar surface area (TPSA) is 89.1 Å². The van der Waals surface area contributed by atoms with Crippen LogP contribution in [-0.4, -0.2) is 78.1 Å². The van der Waals surface area contributed by atoms with E-state index in [1.165, 1.54) is 0 Å². The van der Waals surface area contributed by atoms with Crippen molar-refractivity contribution in [1.29, 1.82) is 0 Å². The molecule has 1 unspecified atom stereocenters. The second-order valence-corrected chi connectivity index (χ2v) is 7.95. The van der Waals surface area contributed by atoms with Gasteiger partial charge < -0.3 is 15.2 Å².